The zero-order valence-corrected chi connectivity index (χ0v) is 11.6. The van der Waals surface area contributed by atoms with Crippen LogP contribution in [0.3, 0.4) is 0 Å². The predicted molar refractivity (Wildman–Crippen MR) is 77.1 cm³/mol. The summed E-state index contributed by atoms with van der Waals surface area (Å²) in [5.74, 6) is 0.837. The molecule has 0 aliphatic heterocycles. The van der Waals surface area contributed by atoms with E-state index >= 15 is 0 Å². The van der Waals surface area contributed by atoms with Crippen molar-refractivity contribution in [3.63, 3.8) is 0 Å². The Morgan fingerprint density at radius 3 is 2.80 bits per heavy atom. The van der Waals surface area contributed by atoms with Crippen molar-refractivity contribution in [1.29, 1.82) is 0 Å². The van der Waals surface area contributed by atoms with Gasteiger partial charge in [-0.3, -0.25) is 4.79 Å². The van der Waals surface area contributed by atoms with E-state index in [1.165, 1.54) is 0 Å². The highest BCUT2D eigenvalue weighted by Crippen LogP contribution is 2.22. The number of aromatic amines is 1. The number of aromatic hydroxyl groups is 1. The lowest BCUT2D eigenvalue weighted by atomic mass is 10.2. The molecule has 0 aliphatic carbocycles. The lowest BCUT2D eigenvalue weighted by Gasteiger charge is -2.08. The molecule has 0 atom stereocenters. The van der Waals surface area contributed by atoms with E-state index in [1.807, 2.05) is 25.1 Å². The van der Waals surface area contributed by atoms with Gasteiger partial charge in [0.25, 0.3) is 5.56 Å². The summed E-state index contributed by atoms with van der Waals surface area (Å²) >= 11 is 0. The average molecular weight is 274 g/mol. The van der Waals surface area contributed by atoms with Gasteiger partial charge in [0.15, 0.2) is 0 Å². The van der Waals surface area contributed by atoms with Gasteiger partial charge >= 0.3 is 0 Å². The van der Waals surface area contributed by atoms with Crippen LogP contribution in [0.15, 0.2) is 29.1 Å². The summed E-state index contributed by atoms with van der Waals surface area (Å²) in [6.07, 6.45) is 1.36. The highest BCUT2D eigenvalue weighted by atomic mass is 16.5. The summed E-state index contributed by atoms with van der Waals surface area (Å²) in [5, 5.41) is 9.78. The number of aromatic nitrogens is 2. The van der Waals surface area contributed by atoms with Gasteiger partial charge in [-0.1, -0.05) is 26.0 Å². The molecule has 5 heteroatoms. The third kappa shape index (κ3) is 2.99. The first-order valence-corrected chi connectivity index (χ1v) is 6.71. The van der Waals surface area contributed by atoms with Crippen LogP contribution in [0.1, 0.15) is 25.8 Å². The maximum Gasteiger partial charge on any atom is 0.258 e. The Bertz CT molecular complexity index is 650. The second-order valence-corrected chi connectivity index (χ2v) is 4.45. The van der Waals surface area contributed by atoms with Crippen LogP contribution in [0.5, 0.6) is 11.6 Å². The van der Waals surface area contributed by atoms with Crippen LogP contribution in [0, 0.1) is 0 Å². The van der Waals surface area contributed by atoms with Crippen LogP contribution in [0.2, 0.25) is 0 Å². The number of rotatable bonds is 5. The molecule has 2 rings (SSSR count). The molecule has 1 heterocycles. The molecule has 1 aromatic heterocycles. The lowest BCUT2D eigenvalue weighted by Crippen LogP contribution is -2.14. The van der Waals surface area contributed by atoms with Crippen molar-refractivity contribution < 1.29 is 9.84 Å². The maximum absolute atomic E-state index is 11.8. The van der Waals surface area contributed by atoms with Gasteiger partial charge in [-0.2, -0.15) is 4.98 Å². The Kier molecular flexibility index (Phi) is 4.40. The number of ether oxygens (including phenoxy) is 1. The molecular weight excluding hydrogens is 256 g/mol. The molecular formula is C15H18N2O3. The number of H-pyrrole nitrogens is 1. The van der Waals surface area contributed by atoms with E-state index in [4.69, 9.17) is 4.74 Å². The van der Waals surface area contributed by atoms with Crippen molar-refractivity contribution in [2.75, 3.05) is 6.61 Å². The maximum atomic E-state index is 11.8. The van der Waals surface area contributed by atoms with Gasteiger partial charge in [-0.05, 0) is 25.0 Å². The van der Waals surface area contributed by atoms with Crippen LogP contribution >= 0.6 is 0 Å². The Morgan fingerprint density at radius 2 is 2.15 bits per heavy atom. The molecule has 0 radical (unpaired) electrons. The van der Waals surface area contributed by atoms with Gasteiger partial charge in [0.05, 0.1) is 12.2 Å². The van der Waals surface area contributed by atoms with Crippen LogP contribution in [-0.2, 0) is 6.42 Å². The van der Waals surface area contributed by atoms with Crippen molar-refractivity contribution in [1.82, 2.24) is 9.97 Å². The van der Waals surface area contributed by atoms with E-state index in [0.717, 1.165) is 6.42 Å². The molecule has 2 aromatic rings. The van der Waals surface area contributed by atoms with E-state index in [9.17, 15) is 9.90 Å². The van der Waals surface area contributed by atoms with E-state index < -0.39 is 0 Å². The predicted octanol–water partition coefficient (Wildman–Crippen LogP) is 2.49. The number of hydrogen-bond donors (Lipinski definition) is 2. The van der Waals surface area contributed by atoms with E-state index in [0.29, 0.717) is 35.7 Å². The Hall–Kier alpha value is -2.30. The number of hydrogen-bond acceptors (Lipinski definition) is 4. The number of nitrogens with zero attached hydrogens (tertiary/aromatic N) is 1. The Balaban J connectivity index is 2.39. The van der Waals surface area contributed by atoms with Crippen molar-refractivity contribution >= 4 is 0 Å². The van der Waals surface area contributed by atoms with Crippen molar-refractivity contribution in [3.05, 3.63) is 40.2 Å². The SMILES string of the molecule is CCCOc1cccc(-c2nc(O)c(CC)c(=O)[nH]2)c1. The fraction of sp³-hybridized carbons (Fsp3) is 0.333. The monoisotopic (exact) mass is 274 g/mol. The molecule has 5 nitrogen and oxygen atoms in total. The topological polar surface area (TPSA) is 75.2 Å². The van der Waals surface area contributed by atoms with Gasteiger partial charge in [-0.15, -0.1) is 0 Å². The molecule has 1 aromatic carbocycles. The minimum absolute atomic E-state index is 0.217. The van der Waals surface area contributed by atoms with Crippen molar-refractivity contribution in [3.8, 4) is 23.0 Å². The molecule has 0 bridgehead atoms. The van der Waals surface area contributed by atoms with Crippen LogP contribution in [-0.4, -0.2) is 21.7 Å². The molecule has 0 saturated heterocycles. The zero-order chi connectivity index (χ0) is 14.5. The first kappa shape index (κ1) is 14.1. The second kappa shape index (κ2) is 6.23. The zero-order valence-electron chi connectivity index (χ0n) is 11.6. The fourth-order valence-corrected chi connectivity index (χ4v) is 1.89. The summed E-state index contributed by atoms with van der Waals surface area (Å²) in [4.78, 5) is 18.6. The first-order valence-electron chi connectivity index (χ1n) is 6.71. The summed E-state index contributed by atoms with van der Waals surface area (Å²) in [7, 11) is 0. The van der Waals surface area contributed by atoms with Crippen LogP contribution in [0.25, 0.3) is 11.4 Å². The molecule has 0 saturated carbocycles. The van der Waals surface area contributed by atoms with Crippen molar-refractivity contribution in [2.24, 2.45) is 0 Å². The van der Waals surface area contributed by atoms with Gasteiger partial charge < -0.3 is 14.8 Å². The third-order valence-electron chi connectivity index (χ3n) is 2.93. The summed E-state index contributed by atoms with van der Waals surface area (Å²) in [5.41, 5.74) is 0.690. The minimum Gasteiger partial charge on any atom is -0.494 e. The van der Waals surface area contributed by atoms with Crippen LogP contribution < -0.4 is 10.3 Å². The minimum atomic E-state index is -0.310. The molecule has 0 aliphatic rings. The van der Waals surface area contributed by atoms with Gasteiger partial charge in [0.2, 0.25) is 5.88 Å². The lowest BCUT2D eigenvalue weighted by molar-refractivity contribution is 0.317. The number of benzene rings is 1. The number of nitrogens with one attached hydrogen (secondary N) is 1. The van der Waals surface area contributed by atoms with E-state index in [1.54, 1.807) is 13.0 Å². The van der Waals surface area contributed by atoms with Crippen LogP contribution in [0.4, 0.5) is 0 Å². The summed E-state index contributed by atoms with van der Waals surface area (Å²) < 4.78 is 5.54. The second-order valence-electron chi connectivity index (χ2n) is 4.45. The highest BCUT2D eigenvalue weighted by Gasteiger charge is 2.10. The normalized spacial score (nSPS) is 10.5. The smallest absolute Gasteiger partial charge is 0.258 e. The molecule has 106 valence electrons. The van der Waals surface area contributed by atoms with E-state index in [-0.39, 0.29) is 11.4 Å². The summed E-state index contributed by atoms with van der Waals surface area (Å²) in [6.45, 7) is 4.46. The molecule has 0 fully saturated rings. The molecule has 0 amide bonds. The van der Waals surface area contributed by atoms with Gasteiger partial charge in [0.1, 0.15) is 11.6 Å². The molecule has 20 heavy (non-hydrogen) atoms. The average Bonchev–Trinajstić information content (AvgIpc) is 2.45. The van der Waals surface area contributed by atoms with Crippen molar-refractivity contribution in [2.45, 2.75) is 26.7 Å². The van der Waals surface area contributed by atoms with Gasteiger partial charge in [0, 0.05) is 5.56 Å². The first-order chi connectivity index (χ1) is 9.65. The quantitative estimate of drug-likeness (QED) is 0.878. The third-order valence-corrected chi connectivity index (χ3v) is 2.93. The summed E-state index contributed by atoms with van der Waals surface area (Å²) in [6, 6.07) is 7.27. The molecule has 0 spiro atoms. The van der Waals surface area contributed by atoms with Gasteiger partial charge in [-0.25, -0.2) is 0 Å². The Labute approximate surface area is 117 Å². The standard InChI is InChI=1S/C15H18N2O3/c1-3-8-20-11-7-5-6-10(9-11)13-16-14(18)12(4-2)15(19)17-13/h5-7,9H,3-4,8H2,1-2H3,(H2,16,17,18,19). The van der Waals surface area contributed by atoms with E-state index in [2.05, 4.69) is 9.97 Å². The fourth-order valence-electron chi connectivity index (χ4n) is 1.89. The molecule has 2 N–H and O–H groups in total. The largest absolute Gasteiger partial charge is 0.494 e. The highest BCUT2D eigenvalue weighted by molar-refractivity contribution is 5.58. The molecule has 0 unspecified atom stereocenters. The Morgan fingerprint density at radius 1 is 1.35 bits per heavy atom.